The van der Waals surface area contributed by atoms with Crippen LogP contribution in [0, 0.1) is 17.8 Å². The van der Waals surface area contributed by atoms with Crippen LogP contribution in [-0.4, -0.2) is 43.0 Å². The lowest BCUT2D eigenvalue weighted by molar-refractivity contribution is -0.121. The number of halogens is 1. The van der Waals surface area contributed by atoms with Crippen LogP contribution in [-0.2, 0) is 4.79 Å². The lowest BCUT2D eigenvalue weighted by Crippen LogP contribution is -2.48. The van der Waals surface area contributed by atoms with Crippen molar-refractivity contribution in [1.82, 2.24) is 10.2 Å². The van der Waals surface area contributed by atoms with Gasteiger partial charge in [0.25, 0.3) is 0 Å². The Hall–Kier alpha value is -0.320. The molecule has 3 fully saturated rings. The molecule has 22 heavy (non-hydrogen) atoms. The Balaban J connectivity index is 0.00000176. The van der Waals surface area contributed by atoms with Gasteiger partial charge in [-0.2, -0.15) is 0 Å². The molecule has 1 aliphatic heterocycles. The molecule has 0 aromatic heterocycles. The second kappa shape index (κ2) is 8.51. The number of nitrogens with zero attached hydrogens (tertiary/aromatic N) is 1. The quantitative estimate of drug-likeness (QED) is 0.785. The summed E-state index contributed by atoms with van der Waals surface area (Å²) in [4.78, 5) is 14.3. The van der Waals surface area contributed by atoms with Gasteiger partial charge in [0.2, 0.25) is 5.91 Å². The Morgan fingerprint density at radius 1 is 1.18 bits per heavy atom. The van der Waals surface area contributed by atoms with E-state index in [2.05, 4.69) is 10.2 Å². The van der Waals surface area contributed by atoms with Gasteiger partial charge in [-0.15, -0.1) is 12.4 Å². The highest BCUT2D eigenvalue weighted by Gasteiger charge is 2.40. The lowest BCUT2D eigenvalue weighted by Gasteiger charge is -2.39. The molecule has 3 aliphatic rings. The van der Waals surface area contributed by atoms with Crippen LogP contribution in [0.5, 0.6) is 0 Å². The zero-order valence-electron chi connectivity index (χ0n) is 13.6. The molecule has 0 aromatic carbocycles. The van der Waals surface area contributed by atoms with Gasteiger partial charge in [0, 0.05) is 32.1 Å². The monoisotopic (exact) mass is 329 g/mol. The van der Waals surface area contributed by atoms with Crippen LogP contribution in [0.15, 0.2) is 0 Å². The van der Waals surface area contributed by atoms with E-state index >= 15 is 0 Å². The third-order valence-electron chi connectivity index (χ3n) is 6.01. The maximum Gasteiger partial charge on any atom is 0.221 e. The van der Waals surface area contributed by atoms with Crippen molar-refractivity contribution in [3.05, 3.63) is 0 Å². The first kappa shape index (κ1) is 18.0. The third kappa shape index (κ3) is 4.36. The van der Waals surface area contributed by atoms with Crippen molar-refractivity contribution in [3.8, 4) is 0 Å². The predicted molar refractivity (Wildman–Crippen MR) is 92.1 cm³/mol. The van der Waals surface area contributed by atoms with Gasteiger partial charge in [0.15, 0.2) is 0 Å². The standard InChI is InChI=1S/C17H31N3O.ClH/c18-7-6-17(21)19-11-16-3-1-2-8-20(16)12-15-10-13-4-5-14(15)9-13;/h13-16H,1-12,18H2,(H,19,21);1H. The Kier molecular flexibility index (Phi) is 6.97. The topological polar surface area (TPSA) is 58.4 Å². The number of nitrogens with one attached hydrogen (secondary N) is 1. The molecule has 0 spiro atoms. The number of nitrogens with two attached hydrogens (primary N) is 1. The van der Waals surface area contributed by atoms with Gasteiger partial charge >= 0.3 is 0 Å². The lowest BCUT2D eigenvalue weighted by atomic mass is 9.87. The van der Waals surface area contributed by atoms with Crippen molar-refractivity contribution in [3.63, 3.8) is 0 Å². The second-order valence-corrected chi connectivity index (χ2v) is 7.42. The largest absolute Gasteiger partial charge is 0.354 e. The minimum atomic E-state index is 0. The van der Waals surface area contributed by atoms with E-state index in [0.29, 0.717) is 19.0 Å². The van der Waals surface area contributed by atoms with Crippen LogP contribution < -0.4 is 11.1 Å². The van der Waals surface area contributed by atoms with Crippen LogP contribution in [0.4, 0.5) is 0 Å². The molecule has 128 valence electrons. The van der Waals surface area contributed by atoms with Crippen molar-refractivity contribution in [2.45, 2.75) is 57.4 Å². The molecule has 1 amide bonds. The Morgan fingerprint density at radius 3 is 2.73 bits per heavy atom. The zero-order valence-corrected chi connectivity index (χ0v) is 14.5. The molecule has 2 saturated carbocycles. The number of piperidine rings is 1. The summed E-state index contributed by atoms with van der Waals surface area (Å²) in [5.74, 6) is 3.09. The van der Waals surface area contributed by atoms with Gasteiger partial charge in [-0.05, 0) is 56.4 Å². The molecule has 3 rings (SSSR count). The number of amides is 1. The number of hydrogen-bond acceptors (Lipinski definition) is 3. The molecule has 3 N–H and O–H groups in total. The molecular formula is C17H32ClN3O. The molecule has 4 nitrogen and oxygen atoms in total. The van der Waals surface area contributed by atoms with Crippen molar-refractivity contribution >= 4 is 18.3 Å². The fraction of sp³-hybridized carbons (Fsp3) is 0.941. The molecule has 0 aromatic rings. The van der Waals surface area contributed by atoms with E-state index in [1.54, 1.807) is 0 Å². The molecule has 1 saturated heterocycles. The molecule has 4 atom stereocenters. The predicted octanol–water partition coefficient (Wildman–Crippen LogP) is 2.16. The maximum atomic E-state index is 11.6. The number of likely N-dealkylation sites (tertiary alicyclic amines) is 1. The van der Waals surface area contributed by atoms with Crippen molar-refractivity contribution in [1.29, 1.82) is 0 Å². The molecule has 0 radical (unpaired) electrons. The summed E-state index contributed by atoms with van der Waals surface area (Å²) in [6, 6.07) is 0.555. The van der Waals surface area contributed by atoms with Crippen LogP contribution in [0.2, 0.25) is 0 Å². The zero-order chi connectivity index (χ0) is 14.7. The van der Waals surface area contributed by atoms with E-state index in [4.69, 9.17) is 5.73 Å². The minimum Gasteiger partial charge on any atom is -0.354 e. The summed E-state index contributed by atoms with van der Waals surface area (Å²) in [5.41, 5.74) is 5.44. The van der Waals surface area contributed by atoms with Gasteiger partial charge in [-0.3, -0.25) is 9.69 Å². The third-order valence-corrected chi connectivity index (χ3v) is 6.01. The fourth-order valence-electron chi connectivity index (χ4n) is 4.88. The highest BCUT2D eigenvalue weighted by molar-refractivity contribution is 5.85. The first-order valence-corrected chi connectivity index (χ1v) is 8.97. The highest BCUT2D eigenvalue weighted by Crippen LogP contribution is 2.48. The summed E-state index contributed by atoms with van der Waals surface area (Å²) < 4.78 is 0. The normalized spacial score (nSPS) is 34.4. The molecule has 2 aliphatic carbocycles. The molecule has 2 bridgehead atoms. The van der Waals surface area contributed by atoms with Gasteiger partial charge in [-0.25, -0.2) is 0 Å². The number of rotatable bonds is 6. The first-order valence-electron chi connectivity index (χ1n) is 8.97. The summed E-state index contributed by atoms with van der Waals surface area (Å²) in [7, 11) is 0. The molecular weight excluding hydrogens is 298 g/mol. The van der Waals surface area contributed by atoms with Gasteiger partial charge in [0.1, 0.15) is 0 Å². The Bertz CT molecular complexity index is 366. The van der Waals surface area contributed by atoms with Crippen LogP contribution in [0.25, 0.3) is 0 Å². The molecule has 5 heteroatoms. The van der Waals surface area contributed by atoms with E-state index in [0.717, 1.165) is 24.3 Å². The average molecular weight is 330 g/mol. The van der Waals surface area contributed by atoms with Crippen LogP contribution >= 0.6 is 12.4 Å². The molecule has 4 unspecified atom stereocenters. The van der Waals surface area contributed by atoms with Crippen molar-refractivity contribution in [2.75, 3.05) is 26.2 Å². The first-order chi connectivity index (χ1) is 10.3. The van der Waals surface area contributed by atoms with E-state index in [-0.39, 0.29) is 18.3 Å². The minimum absolute atomic E-state index is 0. The summed E-state index contributed by atoms with van der Waals surface area (Å²) >= 11 is 0. The SMILES string of the molecule is Cl.NCCC(=O)NCC1CCCCN1CC1CC2CCC1C2. The summed E-state index contributed by atoms with van der Waals surface area (Å²) in [5, 5.41) is 3.08. The van der Waals surface area contributed by atoms with Crippen LogP contribution in [0.1, 0.15) is 51.4 Å². The molecule has 1 heterocycles. The number of carbonyl (C=O) groups excluding carboxylic acids is 1. The summed E-state index contributed by atoms with van der Waals surface area (Å²) in [6.07, 6.45) is 10.3. The van der Waals surface area contributed by atoms with E-state index in [1.165, 1.54) is 58.0 Å². The highest BCUT2D eigenvalue weighted by atomic mass is 35.5. The van der Waals surface area contributed by atoms with E-state index < -0.39 is 0 Å². The fourth-order valence-corrected chi connectivity index (χ4v) is 4.88. The van der Waals surface area contributed by atoms with Gasteiger partial charge < -0.3 is 11.1 Å². The Labute approximate surface area is 141 Å². The Morgan fingerprint density at radius 2 is 2.05 bits per heavy atom. The van der Waals surface area contributed by atoms with Crippen molar-refractivity contribution in [2.24, 2.45) is 23.5 Å². The number of fused-ring (bicyclic) bond motifs is 2. The maximum absolute atomic E-state index is 11.6. The van der Waals surface area contributed by atoms with Gasteiger partial charge in [-0.1, -0.05) is 12.8 Å². The second-order valence-electron chi connectivity index (χ2n) is 7.42. The number of carbonyl (C=O) groups is 1. The average Bonchev–Trinajstić information content (AvgIpc) is 3.09. The van der Waals surface area contributed by atoms with E-state index in [9.17, 15) is 4.79 Å². The van der Waals surface area contributed by atoms with Crippen molar-refractivity contribution < 1.29 is 4.79 Å². The van der Waals surface area contributed by atoms with Crippen LogP contribution in [0.3, 0.4) is 0 Å². The van der Waals surface area contributed by atoms with Gasteiger partial charge in [0.05, 0.1) is 0 Å². The van der Waals surface area contributed by atoms with E-state index in [1.807, 2.05) is 0 Å². The smallest absolute Gasteiger partial charge is 0.221 e. The summed E-state index contributed by atoms with van der Waals surface area (Å²) in [6.45, 7) is 3.77. The number of hydrogen-bond donors (Lipinski definition) is 2.